The van der Waals surface area contributed by atoms with E-state index in [2.05, 4.69) is 0 Å². The van der Waals surface area contributed by atoms with E-state index in [9.17, 15) is 27.6 Å². The number of ether oxygens (including phenoxy) is 1. The van der Waals surface area contributed by atoms with Crippen LogP contribution in [0, 0.1) is 27.7 Å². The lowest BCUT2D eigenvalue weighted by molar-refractivity contribution is -0.144. The number of carbonyl (C=O) groups is 2. The van der Waals surface area contributed by atoms with Crippen molar-refractivity contribution in [1.29, 1.82) is 0 Å². The number of aromatic nitrogens is 2. The Morgan fingerprint density at radius 3 is 2.21 bits per heavy atom. The second-order valence-corrected chi connectivity index (χ2v) is 7.93. The van der Waals surface area contributed by atoms with Crippen molar-refractivity contribution in [3.05, 3.63) is 86.6 Å². The molecule has 9 heteroatoms. The summed E-state index contributed by atoms with van der Waals surface area (Å²) in [6.45, 7) is 6.26. The molecule has 0 fully saturated rings. The zero-order valence-electron chi connectivity index (χ0n) is 18.6. The maximum atomic E-state index is 12.8. The molecule has 3 aromatic rings. The SMILES string of the molecule is Cc1cc(C)cc(-n2c(C)cc(C(=O)COC(=O)Cn3cc(C(F)(F)F)ccc3=O)c2C)c1. The van der Waals surface area contributed by atoms with Crippen LogP contribution < -0.4 is 5.56 Å². The number of hydrogen-bond donors (Lipinski definition) is 0. The zero-order valence-corrected chi connectivity index (χ0v) is 18.6. The molecule has 0 aliphatic carbocycles. The second-order valence-electron chi connectivity index (χ2n) is 7.93. The van der Waals surface area contributed by atoms with Crippen LogP contribution in [-0.2, 0) is 22.3 Å². The Kier molecular flexibility index (Phi) is 6.62. The van der Waals surface area contributed by atoms with E-state index in [1.165, 1.54) is 0 Å². The van der Waals surface area contributed by atoms with Crippen LogP contribution in [0.1, 0.15) is 38.4 Å². The maximum Gasteiger partial charge on any atom is 0.417 e. The van der Waals surface area contributed by atoms with Gasteiger partial charge in [-0.05, 0) is 63.1 Å². The number of rotatable bonds is 6. The molecule has 6 nitrogen and oxygen atoms in total. The molecule has 0 aliphatic rings. The van der Waals surface area contributed by atoms with Crippen molar-refractivity contribution >= 4 is 11.8 Å². The third-order valence-electron chi connectivity index (χ3n) is 5.17. The lowest BCUT2D eigenvalue weighted by Gasteiger charge is -2.12. The van der Waals surface area contributed by atoms with Crippen LogP contribution in [0.3, 0.4) is 0 Å². The van der Waals surface area contributed by atoms with Gasteiger partial charge >= 0.3 is 12.1 Å². The van der Waals surface area contributed by atoms with Crippen molar-refractivity contribution < 1.29 is 27.5 Å². The molecular formula is C24H23F3N2O4. The molecular weight excluding hydrogens is 437 g/mol. The van der Waals surface area contributed by atoms with Crippen molar-refractivity contribution in [2.45, 2.75) is 40.4 Å². The molecule has 2 heterocycles. The predicted molar refractivity (Wildman–Crippen MR) is 116 cm³/mol. The topological polar surface area (TPSA) is 70.3 Å². The summed E-state index contributed by atoms with van der Waals surface area (Å²) >= 11 is 0. The van der Waals surface area contributed by atoms with Gasteiger partial charge in [-0.3, -0.25) is 14.4 Å². The highest BCUT2D eigenvalue weighted by molar-refractivity contribution is 5.99. The van der Waals surface area contributed by atoms with E-state index in [-0.39, 0.29) is 0 Å². The Balaban J connectivity index is 1.73. The maximum absolute atomic E-state index is 12.8. The third kappa shape index (κ3) is 5.42. The average molecular weight is 460 g/mol. The van der Waals surface area contributed by atoms with Crippen molar-refractivity contribution in [1.82, 2.24) is 9.13 Å². The predicted octanol–water partition coefficient (Wildman–Crippen LogP) is 4.32. The molecule has 0 amide bonds. The largest absolute Gasteiger partial charge is 0.456 e. The standard InChI is InChI=1S/C24H23F3N2O4/c1-14-7-15(2)9-19(8-14)29-16(3)10-20(17(29)4)21(30)13-33-23(32)12-28-11-18(24(25,26)27)5-6-22(28)31/h5-11H,12-13H2,1-4H3. The molecule has 2 aromatic heterocycles. The number of benzene rings is 1. The summed E-state index contributed by atoms with van der Waals surface area (Å²) in [5, 5.41) is 0. The molecule has 0 aliphatic heterocycles. The van der Waals surface area contributed by atoms with Crippen LogP contribution in [0.2, 0.25) is 0 Å². The number of alkyl halides is 3. The van der Waals surface area contributed by atoms with Crippen LogP contribution in [0.15, 0.2) is 47.4 Å². The number of aryl methyl sites for hydroxylation is 3. The number of Topliss-reactive ketones (excluding diaryl/α,β-unsaturated/α-hetero) is 1. The Morgan fingerprint density at radius 1 is 0.970 bits per heavy atom. The number of esters is 1. The van der Waals surface area contributed by atoms with Crippen LogP contribution in [0.4, 0.5) is 13.2 Å². The highest BCUT2D eigenvalue weighted by Gasteiger charge is 2.31. The van der Waals surface area contributed by atoms with Gasteiger partial charge in [-0.1, -0.05) is 6.07 Å². The van der Waals surface area contributed by atoms with Crippen LogP contribution in [-0.4, -0.2) is 27.5 Å². The summed E-state index contributed by atoms with van der Waals surface area (Å²) in [6, 6.07) is 9.09. The monoisotopic (exact) mass is 460 g/mol. The first-order chi connectivity index (χ1) is 15.4. The minimum atomic E-state index is -4.66. The molecule has 3 rings (SSSR count). The number of ketones is 1. The summed E-state index contributed by atoms with van der Waals surface area (Å²) in [7, 11) is 0. The summed E-state index contributed by atoms with van der Waals surface area (Å²) in [5.41, 5.74) is 3.06. The summed E-state index contributed by atoms with van der Waals surface area (Å²) < 4.78 is 46.0. The lowest BCUT2D eigenvalue weighted by Crippen LogP contribution is -2.27. The van der Waals surface area contributed by atoms with Gasteiger partial charge in [0.15, 0.2) is 6.61 Å². The zero-order chi connectivity index (χ0) is 24.5. The van der Waals surface area contributed by atoms with Gasteiger partial charge in [-0.2, -0.15) is 13.2 Å². The normalized spacial score (nSPS) is 11.5. The van der Waals surface area contributed by atoms with E-state index in [4.69, 9.17) is 4.74 Å². The number of carbonyl (C=O) groups excluding carboxylic acids is 2. The van der Waals surface area contributed by atoms with Gasteiger partial charge in [0.2, 0.25) is 5.78 Å². The smallest absolute Gasteiger partial charge is 0.417 e. The Morgan fingerprint density at radius 2 is 1.61 bits per heavy atom. The van der Waals surface area contributed by atoms with Crippen LogP contribution in [0.25, 0.3) is 5.69 Å². The Labute approximate surface area is 188 Å². The molecule has 0 saturated carbocycles. The number of nitrogens with zero attached hydrogens (tertiary/aromatic N) is 2. The minimum Gasteiger partial charge on any atom is -0.456 e. The second kappa shape index (κ2) is 9.09. The van der Waals surface area contributed by atoms with Crippen molar-refractivity contribution in [3.8, 4) is 5.69 Å². The number of hydrogen-bond acceptors (Lipinski definition) is 4. The van der Waals surface area contributed by atoms with E-state index in [1.807, 2.05) is 43.5 Å². The van der Waals surface area contributed by atoms with Gasteiger partial charge in [0.1, 0.15) is 6.54 Å². The Bertz CT molecular complexity index is 1270. The molecule has 0 bridgehead atoms. The molecule has 33 heavy (non-hydrogen) atoms. The average Bonchev–Trinajstić information content (AvgIpc) is 3.00. The number of pyridine rings is 1. The molecule has 0 N–H and O–H groups in total. The van der Waals surface area contributed by atoms with Gasteiger partial charge in [0.05, 0.1) is 5.56 Å². The van der Waals surface area contributed by atoms with E-state index in [0.717, 1.165) is 28.6 Å². The molecule has 0 radical (unpaired) electrons. The van der Waals surface area contributed by atoms with Crippen LogP contribution in [0.5, 0.6) is 0 Å². The first kappa shape index (κ1) is 24.0. The van der Waals surface area contributed by atoms with Crippen molar-refractivity contribution in [2.75, 3.05) is 6.61 Å². The van der Waals surface area contributed by atoms with Crippen LogP contribution >= 0.6 is 0 Å². The molecule has 0 saturated heterocycles. The lowest BCUT2D eigenvalue weighted by atomic mass is 10.1. The third-order valence-corrected chi connectivity index (χ3v) is 5.17. The molecule has 174 valence electrons. The highest BCUT2D eigenvalue weighted by Crippen LogP contribution is 2.28. The first-order valence-electron chi connectivity index (χ1n) is 10.1. The van der Waals surface area contributed by atoms with Gasteiger partial charge in [0, 0.05) is 34.9 Å². The summed E-state index contributed by atoms with van der Waals surface area (Å²) in [6.07, 6.45) is -4.11. The Hall–Kier alpha value is -3.62. The van der Waals surface area contributed by atoms with Crippen molar-refractivity contribution in [2.24, 2.45) is 0 Å². The first-order valence-corrected chi connectivity index (χ1v) is 10.1. The molecule has 0 spiro atoms. The number of halogens is 3. The van der Waals surface area contributed by atoms with E-state index >= 15 is 0 Å². The molecule has 1 aromatic carbocycles. The van der Waals surface area contributed by atoms with Crippen molar-refractivity contribution in [3.63, 3.8) is 0 Å². The van der Waals surface area contributed by atoms with E-state index in [1.54, 1.807) is 13.0 Å². The van der Waals surface area contributed by atoms with E-state index < -0.39 is 42.2 Å². The molecule has 0 unspecified atom stereocenters. The fourth-order valence-electron chi connectivity index (χ4n) is 3.75. The quantitative estimate of drug-likeness (QED) is 0.406. The van der Waals surface area contributed by atoms with Gasteiger partial charge in [0.25, 0.3) is 5.56 Å². The fourth-order valence-corrected chi connectivity index (χ4v) is 3.75. The van der Waals surface area contributed by atoms with Gasteiger partial charge in [-0.15, -0.1) is 0 Å². The highest BCUT2D eigenvalue weighted by atomic mass is 19.4. The fraction of sp³-hybridized carbons (Fsp3) is 0.292. The summed E-state index contributed by atoms with van der Waals surface area (Å²) in [4.78, 5) is 36.6. The minimum absolute atomic E-state index is 0.371. The summed E-state index contributed by atoms with van der Waals surface area (Å²) in [5.74, 6) is -1.45. The van der Waals surface area contributed by atoms with Gasteiger partial charge in [-0.25, -0.2) is 0 Å². The van der Waals surface area contributed by atoms with E-state index in [0.29, 0.717) is 28.1 Å². The van der Waals surface area contributed by atoms with Gasteiger partial charge < -0.3 is 13.9 Å². The molecule has 0 atom stereocenters.